The Balaban J connectivity index is 1.47. The van der Waals surface area contributed by atoms with Crippen molar-refractivity contribution in [3.63, 3.8) is 0 Å². The van der Waals surface area contributed by atoms with Gasteiger partial charge in [-0.1, -0.05) is 53.7 Å². The molecule has 1 aliphatic rings. The summed E-state index contributed by atoms with van der Waals surface area (Å²) in [7, 11) is 0. The van der Waals surface area contributed by atoms with Crippen LogP contribution in [0.25, 0.3) is 65.4 Å². The van der Waals surface area contributed by atoms with Crippen molar-refractivity contribution < 1.29 is 0 Å². The maximum atomic E-state index is 9.43. The molecule has 1 N–H and O–H groups in total. The predicted octanol–water partition coefficient (Wildman–Crippen LogP) is 16.8. The van der Waals surface area contributed by atoms with E-state index < -0.39 is 0 Å². The van der Waals surface area contributed by atoms with Crippen LogP contribution in [0.15, 0.2) is 46.4 Å². The van der Waals surface area contributed by atoms with E-state index >= 15 is 0 Å². The van der Waals surface area contributed by atoms with E-state index in [-0.39, 0.29) is 10.8 Å². The normalized spacial score (nSPS) is 15.3. The number of rotatable bonds is 9. The van der Waals surface area contributed by atoms with Crippen LogP contribution in [0.3, 0.4) is 0 Å². The first-order valence-electron chi connectivity index (χ1n) is 18.6. The molecule has 9 heteroatoms. The summed E-state index contributed by atoms with van der Waals surface area (Å²) in [6.07, 6.45) is 8.63. The highest BCUT2D eigenvalue weighted by atomic mass is 32.1. The van der Waals surface area contributed by atoms with Gasteiger partial charge < -0.3 is 0 Å². The topological polar surface area (TPSA) is 36.2 Å². The average molecular weight is 827 g/mol. The first kappa shape index (κ1) is 37.5. The third kappa shape index (κ3) is 5.69. The van der Waals surface area contributed by atoms with Crippen molar-refractivity contribution in [2.75, 3.05) is 0 Å². The monoisotopic (exact) mass is 826 g/mol. The molecule has 8 rings (SSSR count). The highest BCUT2D eigenvalue weighted by molar-refractivity contribution is 7.79. The fourth-order valence-corrected chi connectivity index (χ4v) is 16.0. The summed E-state index contributed by atoms with van der Waals surface area (Å²) in [5.74, 6) is 0. The zero-order chi connectivity index (χ0) is 37.7. The number of nitrogens with zero attached hydrogens (tertiary/aromatic N) is 1. The molecule has 0 atom stereocenters. The van der Waals surface area contributed by atoms with Gasteiger partial charge in [0.05, 0.1) is 15.1 Å². The Kier molecular flexibility index (Phi) is 9.69. The van der Waals surface area contributed by atoms with Crippen LogP contribution >= 0.6 is 80.8 Å². The van der Waals surface area contributed by atoms with Gasteiger partial charge in [0.2, 0.25) is 0 Å². The van der Waals surface area contributed by atoms with Gasteiger partial charge in [0.25, 0.3) is 0 Å². The standard InChI is InChI=1S/C44H46N2S7/c1-11-43(9,12-2)26-16-15-25(37(45)38(26)46-47)27-19-30-39(50-27)35-33(28-17-21(5)23(7)48-28)42-36(34(41(35)51-30)29-18-22(6)24(8)49-29)40-31(52-42)20-32(53-40)44(10,13-3)14-4/h15-20,45,47H,11-14H2,1-10H3/b45-37?,46-38-. The molecule has 6 heterocycles. The highest BCUT2D eigenvalue weighted by Crippen LogP contribution is 2.59. The van der Waals surface area contributed by atoms with E-state index in [2.05, 4.69) is 123 Å². The van der Waals surface area contributed by atoms with Gasteiger partial charge in [-0.2, -0.15) is 0 Å². The Morgan fingerprint density at radius 1 is 0.604 bits per heavy atom. The molecule has 53 heavy (non-hydrogen) atoms. The van der Waals surface area contributed by atoms with Gasteiger partial charge in [0.1, 0.15) is 5.71 Å². The van der Waals surface area contributed by atoms with Gasteiger partial charge in [-0.3, -0.25) is 5.41 Å². The number of nitrogens with one attached hydrogen (secondary N) is 1. The molecule has 1 aromatic carbocycles. The third-order valence-electron chi connectivity index (χ3n) is 12.4. The summed E-state index contributed by atoms with van der Waals surface area (Å²) >= 11 is 16.1. The van der Waals surface area contributed by atoms with Crippen LogP contribution in [0.1, 0.15) is 97.9 Å². The summed E-state index contributed by atoms with van der Waals surface area (Å²) in [4.78, 5) is 8.13. The van der Waals surface area contributed by atoms with E-state index in [4.69, 9.17) is 0 Å². The number of aryl methyl sites for hydroxylation is 4. The molecule has 1 aliphatic carbocycles. The molecule has 7 aromatic rings. The first-order chi connectivity index (χ1) is 25.3. The minimum Gasteiger partial charge on any atom is -0.298 e. The van der Waals surface area contributed by atoms with Crippen LogP contribution in [0.4, 0.5) is 0 Å². The predicted molar refractivity (Wildman–Crippen MR) is 250 cm³/mol. The molecule has 2 nitrogen and oxygen atoms in total. The molecule has 274 valence electrons. The number of hydrogen-bond donors (Lipinski definition) is 2. The van der Waals surface area contributed by atoms with Gasteiger partial charge >= 0.3 is 0 Å². The Bertz CT molecular complexity index is 2670. The van der Waals surface area contributed by atoms with Crippen LogP contribution in [-0.4, -0.2) is 11.4 Å². The lowest BCUT2D eigenvalue weighted by atomic mass is 9.72. The highest BCUT2D eigenvalue weighted by Gasteiger charge is 2.35. The number of thiol groups is 1. The van der Waals surface area contributed by atoms with Crippen molar-refractivity contribution in [2.24, 2.45) is 9.81 Å². The Hall–Kier alpha value is -2.37. The smallest absolute Gasteiger partial charge is 0.100 e. The molecule has 0 unspecified atom stereocenters. The summed E-state index contributed by atoms with van der Waals surface area (Å²) in [6, 6.07) is 9.74. The molecule has 0 amide bonds. The van der Waals surface area contributed by atoms with Crippen molar-refractivity contribution in [1.29, 1.82) is 5.41 Å². The van der Waals surface area contributed by atoms with Crippen molar-refractivity contribution >= 4 is 137 Å². The molecular formula is C44H46N2S7. The minimum atomic E-state index is -0.0467. The van der Waals surface area contributed by atoms with E-state index in [0.717, 1.165) is 41.7 Å². The minimum absolute atomic E-state index is 0.0467. The zero-order valence-corrected chi connectivity index (χ0v) is 37.9. The fourth-order valence-electron chi connectivity index (χ4n) is 7.72. The molecule has 0 radical (unpaired) electrons. The van der Waals surface area contributed by atoms with E-state index in [0.29, 0.717) is 11.4 Å². The van der Waals surface area contributed by atoms with Gasteiger partial charge in [-0.15, -0.1) is 68.0 Å². The van der Waals surface area contributed by atoms with Crippen LogP contribution in [0.5, 0.6) is 0 Å². The van der Waals surface area contributed by atoms with Crippen molar-refractivity contribution in [3.05, 3.63) is 72.6 Å². The molecule has 0 aliphatic heterocycles. The summed E-state index contributed by atoms with van der Waals surface area (Å²) in [5, 5.41) is 12.2. The van der Waals surface area contributed by atoms with E-state index in [1.807, 2.05) is 68.0 Å². The molecule has 6 aromatic heterocycles. The van der Waals surface area contributed by atoms with Crippen LogP contribution in [0, 0.1) is 38.5 Å². The molecule has 0 saturated heterocycles. The maximum Gasteiger partial charge on any atom is 0.100 e. The van der Waals surface area contributed by atoms with E-state index in [1.54, 1.807) is 0 Å². The fraction of sp³-hybridized carbons (Fsp3) is 0.364. The van der Waals surface area contributed by atoms with Gasteiger partial charge in [0, 0.05) is 81.0 Å². The van der Waals surface area contributed by atoms with Crippen LogP contribution in [-0.2, 0) is 5.41 Å². The van der Waals surface area contributed by atoms with Crippen LogP contribution < -0.4 is 0 Å². The van der Waals surface area contributed by atoms with Gasteiger partial charge in [-0.05, 0) is 113 Å². The molecule has 0 fully saturated rings. The maximum absolute atomic E-state index is 9.43. The molecule has 0 bridgehead atoms. The number of thiophene rings is 6. The lowest BCUT2D eigenvalue weighted by Crippen LogP contribution is -2.30. The number of fused-ring (bicyclic) bond motifs is 6. The second-order valence-electron chi connectivity index (χ2n) is 15.2. The molecule has 0 saturated carbocycles. The zero-order valence-electron chi connectivity index (χ0n) is 32.1. The van der Waals surface area contributed by atoms with E-state index in [9.17, 15) is 5.41 Å². The quantitative estimate of drug-likeness (QED) is 0.107. The SMILES string of the molecule is CCC(C)(CC)C1=CC=C(c2cc3sc4c(-c5cc(C)c(C)s5)c5c(sc6cc(C(C)(CC)CC)sc65)c(-c5cc(C)c(C)s5)c4c3s2)C(=N)/C1=N\S. The molecule has 0 spiro atoms. The van der Waals surface area contributed by atoms with Crippen LogP contribution in [0.2, 0.25) is 0 Å². The lowest BCUT2D eigenvalue weighted by Gasteiger charge is -2.32. The Morgan fingerprint density at radius 2 is 1.11 bits per heavy atom. The van der Waals surface area contributed by atoms with Crippen molar-refractivity contribution in [3.8, 4) is 20.9 Å². The Labute approximate surface area is 343 Å². The van der Waals surface area contributed by atoms with Crippen molar-refractivity contribution in [1.82, 2.24) is 0 Å². The third-order valence-corrected chi connectivity index (χ3v) is 20.2. The second-order valence-corrected chi connectivity index (χ2v) is 22.1. The number of benzene rings is 1. The summed E-state index contributed by atoms with van der Waals surface area (Å²) in [6.45, 7) is 22.9. The summed E-state index contributed by atoms with van der Waals surface area (Å²) in [5.41, 5.74) is 8.89. The second kappa shape index (κ2) is 13.7. The van der Waals surface area contributed by atoms with Gasteiger partial charge in [0.15, 0.2) is 0 Å². The summed E-state index contributed by atoms with van der Waals surface area (Å²) < 4.78 is 12.7. The lowest BCUT2D eigenvalue weighted by molar-refractivity contribution is 0.382. The number of allylic oxidation sites excluding steroid dienone is 4. The largest absolute Gasteiger partial charge is 0.298 e. The average Bonchev–Trinajstić information content (AvgIpc) is 4.00. The molecular weight excluding hydrogens is 781 g/mol. The number of hydrogen-bond acceptors (Lipinski definition) is 9. The van der Waals surface area contributed by atoms with E-state index in [1.165, 1.54) is 85.6 Å². The Morgan fingerprint density at radius 3 is 1.58 bits per heavy atom. The van der Waals surface area contributed by atoms with Gasteiger partial charge in [-0.25, -0.2) is 4.40 Å². The van der Waals surface area contributed by atoms with Crippen molar-refractivity contribution in [2.45, 2.75) is 100 Å². The first-order valence-corrected chi connectivity index (χ1v) is 23.9.